The topological polar surface area (TPSA) is 60.4 Å². The van der Waals surface area contributed by atoms with Crippen molar-refractivity contribution in [2.75, 3.05) is 6.54 Å². The van der Waals surface area contributed by atoms with Crippen LogP contribution in [0.15, 0.2) is 59.6 Å². The van der Waals surface area contributed by atoms with Gasteiger partial charge in [0.25, 0.3) is 0 Å². The van der Waals surface area contributed by atoms with Crippen molar-refractivity contribution in [2.45, 2.75) is 43.7 Å². The van der Waals surface area contributed by atoms with Crippen LogP contribution >= 0.6 is 0 Å². The third-order valence-corrected chi connectivity index (χ3v) is 8.15. The minimum atomic E-state index is -0.590. The molecular formula is C27H27N3O. The number of benzene rings is 2. The number of para-hydroxylation sites is 1. The number of aromatic amines is 1. The molecule has 0 saturated heterocycles. The average molecular weight is 410 g/mol. The van der Waals surface area contributed by atoms with Gasteiger partial charge in [-0.25, -0.2) is 0 Å². The number of nitrogens with one attached hydrogen (secondary N) is 2. The molecule has 3 N–H and O–H groups in total. The first kappa shape index (κ1) is 17.9. The van der Waals surface area contributed by atoms with Crippen LogP contribution in [0.2, 0.25) is 0 Å². The third kappa shape index (κ3) is 2.46. The summed E-state index contributed by atoms with van der Waals surface area (Å²) in [5, 5.41) is 13.5. The molecule has 3 heterocycles. The molecule has 4 heteroatoms. The van der Waals surface area contributed by atoms with Crippen LogP contribution in [-0.2, 0) is 11.8 Å². The highest BCUT2D eigenvalue weighted by Gasteiger charge is 2.62. The standard InChI is InChI=1S/C27H27N3O/c1-15-22-18-9-5-8-17(21-14-19-20(29-21)10-13-28-26(19)31)24(18)30-25(23(15)22)27(11-12-27)16-6-3-2-4-7-16/h2-9,14-15,22-23,26,28-29,31H,10-13H2,1H3. The van der Waals surface area contributed by atoms with E-state index in [1.165, 1.54) is 29.7 Å². The van der Waals surface area contributed by atoms with Gasteiger partial charge in [-0.15, -0.1) is 0 Å². The Labute approximate surface area is 182 Å². The van der Waals surface area contributed by atoms with Gasteiger partial charge in [0.05, 0.1) is 5.69 Å². The molecule has 0 spiro atoms. The van der Waals surface area contributed by atoms with E-state index in [1.807, 2.05) is 0 Å². The van der Waals surface area contributed by atoms with Crippen molar-refractivity contribution in [3.63, 3.8) is 0 Å². The van der Waals surface area contributed by atoms with Crippen molar-refractivity contribution in [2.24, 2.45) is 16.8 Å². The number of hydrogen-bond acceptors (Lipinski definition) is 3. The van der Waals surface area contributed by atoms with Gasteiger partial charge in [-0.1, -0.05) is 55.5 Å². The Balaban J connectivity index is 1.39. The fraction of sp³-hybridized carbons (Fsp3) is 0.370. The third-order valence-electron chi connectivity index (χ3n) is 8.15. The molecule has 0 amide bonds. The van der Waals surface area contributed by atoms with Crippen LogP contribution < -0.4 is 5.32 Å². The predicted octanol–water partition coefficient (Wildman–Crippen LogP) is 4.99. The number of hydrogen-bond donors (Lipinski definition) is 3. The Hall–Kier alpha value is -2.69. The highest BCUT2D eigenvalue weighted by atomic mass is 16.3. The summed E-state index contributed by atoms with van der Waals surface area (Å²) in [7, 11) is 0. The SMILES string of the molecule is CC1C2C(C3(c4ccccc4)CC3)=Nc3c(-c4cc5c([nH]4)CCNC5O)cccc3C12. The zero-order valence-corrected chi connectivity index (χ0v) is 17.7. The molecule has 2 aliphatic heterocycles. The van der Waals surface area contributed by atoms with Gasteiger partial charge in [-0.05, 0) is 41.9 Å². The number of aliphatic hydroxyl groups is 1. The van der Waals surface area contributed by atoms with Crippen LogP contribution in [0.4, 0.5) is 5.69 Å². The Bertz CT molecular complexity index is 1220. The van der Waals surface area contributed by atoms with E-state index in [1.54, 1.807) is 0 Å². The van der Waals surface area contributed by atoms with E-state index < -0.39 is 6.23 Å². The first-order valence-electron chi connectivity index (χ1n) is 11.6. The highest BCUT2D eigenvalue weighted by molar-refractivity contribution is 6.06. The van der Waals surface area contributed by atoms with E-state index in [0.29, 0.717) is 17.8 Å². The molecule has 0 radical (unpaired) electrons. The molecule has 2 aliphatic carbocycles. The van der Waals surface area contributed by atoms with Crippen molar-refractivity contribution < 1.29 is 5.11 Å². The number of nitrogens with zero attached hydrogens (tertiary/aromatic N) is 1. The summed E-state index contributed by atoms with van der Waals surface area (Å²) in [5.41, 5.74) is 9.86. The van der Waals surface area contributed by atoms with E-state index in [9.17, 15) is 5.11 Å². The van der Waals surface area contributed by atoms with Gasteiger partial charge in [0.2, 0.25) is 0 Å². The summed E-state index contributed by atoms with van der Waals surface area (Å²) in [6.07, 6.45) is 2.73. The van der Waals surface area contributed by atoms with Crippen LogP contribution in [0, 0.1) is 11.8 Å². The normalized spacial score (nSPS) is 29.4. The van der Waals surface area contributed by atoms with Crippen molar-refractivity contribution in [3.05, 3.63) is 77.0 Å². The van der Waals surface area contributed by atoms with Gasteiger partial charge in [-0.3, -0.25) is 10.3 Å². The predicted molar refractivity (Wildman–Crippen MR) is 123 cm³/mol. The van der Waals surface area contributed by atoms with E-state index in [4.69, 9.17) is 4.99 Å². The van der Waals surface area contributed by atoms with Gasteiger partial charge < -0.3 is 10.1 Å². The van der Waals surface area contributed by atoms with Crippen molar-refractivity contribution in [1.82, 2.24) is 10.3 Å². The number of fused-ring (bicyclic) bond motifs is 4. The molecule has 1 aromatic heterocycles. The number of aliphatic imine (C=N–C) groups is 1. The second-order valence-electron chi connectivity index (χ2n) is 9.82. The highest BCUT2D eigenvalue weighted by Crippen LogP contribution is 2.66. The minimum absolute atomic E-state index is 0.134. The van der Waals surface area contributed by atoms with E-state index >= 15 is 0 Å². The average Bonchev–Trinajstić information content (AvgIpc) is 3.69. The number of aliphatic hydroxyl groups excluding tert-OH is 1. The Morgan fingerprint density at radius 2 is 1.84 bits per heavy atom. The molecule has 2 aromatic carbocycles. The smallest absolute Gasteiger partial charge is 0.132 e. The molecule has 156 valence electrons. The minimum Gasteiger partial charge on any atom is -0.374 e. The van der Waals surface area contributed by atoms with Gasteiger partial charge in [0.1, 0.15) is 6.23 Å². The zero-order valence-electron chi connectivity index (χ0n) is 17.7. The molecule has 2 fully saturated rings. The first-order chi connectivity index (χ1) is 15.2. The summed E-state index contributed by atoms with van der Waals surface area (Å²) < 4.78 is 0. The molecule has 4 unspecified atom stereocenters. The van der Waals surface area contributed by atoms with E-state index in [-0.39, 0.29) is 5.41 Å². The first-order valence-corrected chi connectivity index (χ1v) is 11.6. The molecule has 31 heavy (non-hydrogen) atoms. The number of aromatic nitrogens is 1. The zero-order chi connectivity index (χ0) is 20.7. The van der Waals surface area contributed by atoms with Gasteiger partial charge in [0.15, 0.2) is 0 Å². The van der Waals surface area contributed by atoms with Gasteiger partial charge in [0, 0.05) is 52.5 Å². The maximum Gasteiger partial charge on any atom is 0.132 e. The second-order valence-corrected chi connectivity index (χ2v) is 9.82. The second kappa shape index (κ2) is 6.18. The summed E-state index contributed by atoms with van der Waals surface area (Å²) in [5.74, 6) is 1.81. The molecule has 4 nitrogen and oxygen atoms in total. The lowest BCUT2D eigenvalue weighted by molar-refractivity contribution is 0.132. The number of H-pyrrole nitrogens is 1. The lowest BCUT2D eigenvalue weighted by atomic mass is 9.84. The van der Waals surface area contributed by atoms with Crippen LogP contribution in [0.3, 0.4) is 0 Å². The fourth-order valence-electron chi connectivity index (χ4n) is 6.28. The molecule has 0 bridgehead atoms. The van der Waals surface area contributed by atoms with Crippen LogP contribution in [0.5, 0.6) is 0 Å². The Morgan fingerprint density at radius 1 is 1.00 bits per heavy atom. The van der Waals surface area contributed by atoms with Crippen molar-refractivity contribution in [1.29, 1.82) is 0 Å². The summed E-state index contributed by atoms with van der Waals surface area (Å²) >= 11 is 0. The fourth-order valence-corrected chi connectivity index (χ4v) is 6.28. The quantitative estimate of drug-likeness (QED) is 0.571. The largest absolute Gasteiger partial charge is 0.374 e. The molecule has 3 aromatic rings. The summed E-state index contributed by atoms with van der Waals surface area (Å²) in [4.78, 5) is 9.05. The molecule has 7 rings (SSSR count). The van der Waals surface area contributed by atoms with Crippen molar-refractivity contribution >= 4 is 11.4 Å². The Kier molecular flexibility index (Phi) is 3.58. The van der Waals surface area contributed by atoms with E-state index in [2.05, 4.69) is 71.8 Å². The molecule has 4 atom stereocenters. The summed E-state index contributed by atoms with van der Waals surface area (Å²) in [6, 6.07) is 19.8. The molecule has 4 aliphatic rings. The lowest BCUT2D eigenvalue weighted by Gasteiger charge is -2.24. The van der Waals surface area contributed by atoms with Crippen molar-refractivity contribution in [3.8, 4) is 11.3 Å². The van der Waals surface area contributed by atoms with Crippen LogP contribution in [0.1, 0.15) is 54.3 Å². The van der Waals surface area contributed by atoms with Gasteiger partial charge in [-0.2, -0.15) is 0 Å². The van der Waals surface area contributed by atoms with E-state index in [0.717, 1.165) is 41.2 Å². The number of rotatable bonds is 3. The lowest BCUT2D eigenvalue weighted by Crippen LogP contribution is -2.28. The van der Waals surface area contributed by atoms with Crippen LogP contribution in [0.25, 0.3) is 11.3 Å². The molecule has 2 saturated carbocycles. The molecular weight excluding hydrogens is 382 g/mol. The summed E-state index contributed by atoms with van der Waals surface area (Å²) in [6.45, 7) is 3.19. The monoisotopic (exact) mass is 409 g/mol. The maximum atomic E-state index is 10.4. The maximum absolute atomic E-state index is 10.4. The van der Waals surface area contributed by atoms with Crippen LogP contribution in [-0.4, -0.2) is 22.3 Å². The Morgan fingerprint density at radius 3 is 2.61 bits per heavy atom. The van der Waals surface area contributed by atoms with Gasteiger partial charge >= 0.3 is 0 Å².